The van der Waals surface area contributed by atoms with Crippen LogP contribution in [0.2, 0.25) is 0 Å². The summed E-state index contributed by atoms with van der Waals surface area (Å²) in [6, 6.07) is 26.1. The van der Waals surface area contributed by atoms with Crippen molar-refractivity contribution < 1.29 is 0 Å². The third-order valence-electron chi connectivity index (χ3n) is 6.43. The zero-order valence-electron chi connectivity index (χ0n) is 18.8. The summed E-state index contributed by atoms with van der Waals surface area (Å²) in [6.07, 6.45) is 1.02. The third kappa shape index (κ3) is 4.13. The normalized spacial score (nSPS) is 16.2. The van der Waals surface area contributed by atoms with Crippen LogP contribution in [-0.4, -0.2) is 16.4 Å². The number of fused-ring (bicyclic) bond motifs is 3. The molecule has 166 valence electrons. The molecule has 6 nitrogen and oxygen atoms in total. The maximum absolute atomic E-state index is 5.10. The summed E-state index contributed by atoms with van der Waals surface area (Å²) < 4.78 is 0. The van der Waals surface area contributed by atoms with E-state index in [1.54, 1.807) is 0 Å². The lowest BCUT2D eigenvalue weighted by molar-refractivity contribution is 0.202. The molecule has 0 bridgehead atoms. The molecule has 6 heteroatoms. The fraction of sp³-hybridized carbons (Fsp3) is 0.185. The van der Waals surface area contributed by atoms with Crippen LogP contribution in [0.25, 0.3) is 16.6 Å². The van der Waals surface area contributed by atoms with Gasteiger partial charge in [-0.05, 0) is 47.7 Å². The van der Waals surface area contributed by atoms with E-state index in [0.717, 1.165) is 25.1 Å². The van der Waals surface area contributed by atoms with E-state index in [4.69, 9.17) is 5.84 Å². The smallest absolute Gasteiger partial charge is 0.0760 e. The van der Waals surface area contributed by atoms with Gasteiger partial charge >= 0.3 is 0 Å². The van der Waals surface area contributed by atoms with Crippen LogP contribution in [0.15, 0.2) is 89.8 Å². The summed E-state index contributed by atoms with van der Waals surface area (Å²) in [4.78, 5) is 6.30. The van der Waals surface area contributed by atoms with Crippen molar-refractivity contribution in [2.75, 3.05) is 6.54 Å². The van der Waals surface area contributed by atoms with E-state index < -0.39 is 0 Å². The van der Waals surface area contributed by atoms with E-state index in [1.807, 2.05) is 6.07 Å². The largest absolute Gasteiger partial charge is 0.357 e. The van der Waals surface area contributed by atoms with Crippen molar-refractivity contribution in [2.24, 2.45) is 16.3 Å². The Balaban J connectivity index is 1.52. The molecule has 33 heavy (non-hydrogen) atoms. The minimum absolute atomic E-state index is 0.165. The predicted molar refractivity (Wildman–Crippen MR) is 133 cm³/mol. The maximum Gasteiger partial charge on any atom is 0.0760 e. The first-order valence-electron chi connectivity index (χ1n) is 11.2. The van der Waals surface area contributed by atoms with Crippen LogP contribution in [0, 0.1) is 6.92 Å². The number of aromatic amines is 1. The number of nitrogens with zero attached hydrogens (tertiary/aromatic N) is 3. The Morgan fingerprint density at radius 3 is 2.76 bits per heavy atom. The van der Waals surface area contributed by atoms with Crippen LogP contribution < -0.4 is 11.3 Å². The molecule has 0 aliphatic carbocycles. The molecule has 0 spiro atoms. The summed E-state index contributed by atoms with van der Waals surface area (Å²) >= 11 is 0. The van der Waals surface area contributed by atoms with Crippen LogP contribution in [0.4, 0.5) is 0 Å². The Bertz CT molecular complexity index is 1320. The molecular formula is C27H28N6. The average molecular weight is 437 g/mol. The number of aryl methyl sites for hydroxylation is 1. The van der Waals surface area contributed by atoms with Gasteiger partial charge in [0.15, 0.2) is 0 Å². The van der Waals surface area contributed by atoms with Gasteiger partial charge in [0.25, 0.3) is 0 Å². The van der Waals surface area contributed by atoms with Crippen molar-refractivity contribution in [3.63, 3.8) is 0 Å². The van der Waals surface area contributed by atoms with Gasteiger partial charge in [-0.25, -0.2) is 0 Å². The fourth-order valence-corrected chi connectivity index (χ4v) is 4.83. The molecule has 4 N–H and O–H groups in total. The monoisotopic (exact) mass is 436 g/mol. The van der Waals surface area contributed by atoms with Gasteiger partial charge < -0.3 is 10.8 Å². The summed E-state index contributed by atoms with van der Waals surface area (Å²) in [5, 5.41) is 8.22. The van der Waals surface area contributed by atoms with Gasteiger partial charge in [-0.1, -0.05) is 83.3 Å². The van der Waals surface area contributed by atoms with Crippen molar-refractivity contribution in [1.29, 1.82) is 0 Å². The summed E-state index contributed by atoms with van der Waals surface area (Å²) in [6.45, 7) is 7.98. The van der Waals surface area contributed by atoms with Crippen molar-refractivity contribution in [3.8, 4) is 0 Å². The second-order valence-corrected chi connectivity index (χ2v) is 8.60. The first-order chi connectivity index (χ1) is 16.1. The van der Waals surface area contributed by atoms with E-state index in [1.165, 1.54) is 38.9 Å². The number of rotatable bonds is 6. The number of aromatic nitrogens is 1. The van der Waals surface area contributed by atoms with Gasteiger partial charge in [0.2, 0.25) is 0 Å². The Morgan fingerprint density at radius 1 is 1.12 bits per heavy atom. The molecule has 5 rings (SSSR count). The van der Waals surface area contributed by atoms with E-state index in [2.05, 4.69) is 106 Å². The second kappa shape index (κ2) is 8.92. The van der Waals surface area contributed by atoms with Gasteiger partial charge in [-0.2, -0.15) is 0 Å². The van der Waals surface area contributed by atoms with E-state index in [0.29, 0.717) is 5.70 Å². The predicted octanol–water partition coefficient (Wildman–Crippen LogP) is 5.43. The summed E-state index contributed by atoms with van der Waals surface area (Å²) in [5.41, 5.74) is 12.1. The van der Waals surface area contributed by atoms with Gasteiger partial charge in [-0.3, -0.25) is 10.3 Å². The lowest BCUT2D eigenvalue weighted by Crippen LogP contribution is -2.35. The number of nitrogens with two attached hydrogens (primary N) is 1. The summed E-state index contributed by atoms with van der Waals surface area (Å²) in [7, 11) is 0. The molecule has 0 fully saturated rings. The minimum Gasteiger partial charge on any atom is -0.357 e. The fourth-order valence-electron chi connectivity index (χ4n) is 4.83. The number of benzene rings is 3. The second-order valence-electron chi connectivity index (χ2n) is 8.60. The molecule has 3 aromatic carbocycles. The average Bonchev–Trinajstić information content (AvgIpc) is 3.22. The maximum atomic E-state index is 5.10. The number of H-pyrrole nitrogens is 1. The Hall–Kier alpha value is -3.90. The zero-order chi connectivity index (χ0) is 22.8. The Morgan fingerprint density at radius 2 is 1.94 bits per heavy atom. The van der Waals surface area contributed by atoms with Gasteiger partial charge in [0.1, 0.15) is 0 Å². The van der Waals surface area contributed by atoms with E-state index in [9.17, 15) is 0 Å². The van der Waals surface area contributed by atoms with Gasteiger partial charge in [0.05, 0.1) is 11.7 Å². The highest BCUT2D eigenvalue weighted by Gasteiger charge is 2.31. The van der Waals surface area contributed by atoms with Gasteiger partial charge in [-0.15, -0.1) is 0 Å². The first kappa shape index (κ1) is 21.0. The molecule has 1 aromatic heterocycles. The molecule has 2 heterocycles. The van der Waals surface area contributed by atoms with E-state index in [-0.39, 0.29) is 6.04 Å². The van der Waals surface area contributed by atoms with Crippen LogP contribution >= 0.6 is 0 Å². The zero-order valence-corrected chi connectivity index (χ0v) is 18.8. The number of para-hydroxylation sites is 1. The molecule has 0 saturated heterocycles. The molecule has 1 aliphatic heterocycles. The van der Waals surface area contributed by atoms with Crippen LogP contribution in [-0.2, 0) is 13.0 Å². The number of hydrogen-bond acceptors (Lipinski definition) is 3. The molecule has 1 aliphatic rings. The molecule has 0 amide bonds. The minimum atomic E-state index is 0.165. The third-order valence-corrected chi connectivity index (χ3v) is 6.43. The number of hydrogen-bond donors (Lipinski definition) is 3. The SMILES string of the molecule is C=C(NN=NN)c1cccc(CN2CCc3c([nH]c4ccccc34)C2c2ccc(C)cc2)c1. The highest BCUT2D eigenvalue weighted by molar-refractivity contribution is 5.85. The highest BCUT2D eigenvalue weighted by atomic mass is 15.5. The molecular weight excluding hydrogens is 408 g/mol. The molecule has 1 unspecified atom stereocenters. The van der Waals surface area contributed by atoms with Gasteiger partial charge in [0, 0.05) is 29.7 Å². The topological polar surface area (TPSA) is 81.8 Å². The number of nitrogens with one attached hydrogen (secondary N) is 2. The molecule has 0 saturated carbocycles. The summed E-state index contributed by atoms with van der Waals surface area (Å²) in [5.74, 6) is 5.10. The van der Waals surface area contributed by atoms with Crippen molar-refractivity contribution in [3.05, 3.63) is 113 Å². The standard InChI is InChI=1S/C27H28N6/c1-18-10-12-21(13-11-18)27-26-24(23-8-3-4-9-25(23)29-26)14-15-33(27)17-20-6-5-7-22(16-20)19(2)30-32-31-28/h3-13,16,27,29H,2,14-15,17H2,1H3,(H2,28,32)(H,30,31). The molecule has 4 aromatic rings. The van der Waals surface area contributed by atoms with Crippen LogP contribution in [0.1, 0.15) is 39.6 Å². The lowest BCUT2D eigenvalue weighted by Gasteiger charge is -2.36. The highest BCUT2D eigenvalue weighted by Crippen LogP contribution is 2.39. The Labute approximate surface area is 193 Å². The quantitative estimate of drug-likeness (QED) is 0.214. The van der Waals surface area contributed by atoms with Crippen LogP contribution in [0.5, 0.6) is 0 Å². The lowest BCUT2D eigenvalue weighted by atomic mass is 9.91. The Kier molecular flexibility index (Phi) is 5.67. The van der Waals surface area contributed by atoms with Crippen LogP contribution in [0.3, 0.4) is 0 Å². The molecule has 0 radical (unpaired) electrons. The first-order valence-corrected chi connectivity index (χ1v) is 11.2. The van der Waals surface area contributed by atoms with Crippen molar-refractivity contribution >= 4 is 16.6 Å². The van der Waals surface area contributed by atoms with Crippen molar-refractivity contribution in [1.82, 2.24) is 15.3 Å². The van der Waals surface area contributed by atoms with E-state index >= 15 is 0 Å². The molecule has 1 atom stereocenters. The van der Waals surface area contributed by atoms with Crippen molar-refractivity contribution in [2.45, 2.75) is 25.9 Å².